The molecule has 14 heavy (non-hydrogen) atoms. The molecule has 1 aromatic carbocycles. The van der Waals surface area contributed by atoms with Crippen LogP contribution in [-0.4, -0.2) is 13.0 Å². The highest BCUT2D eigenvalue weighted by Crippen LogP contribution is 2.27. The molecule has 0 saturated heterocycles. The molecule has 76 valence electrons. The van der Waals surface area contributed by atoms with E-state index in [1.165, 1.54) is 19.2 Å². The number of methoxy groups -OCH3 is 1. The van der Waals surface area contributed by atoms with Crippen LogP contribution in [0.15, 0.2) is 16.6 Å². The lowest BCUT2D eigenvalue weighted by atomic mass is 10.2. The molecule has 0 spiro atoms. The van der Waals surface area contributed by atoms with Crippen molar-refractivity contribution in [3.8, 4) is 5.75 Å². The van der Waals surface area contributed by atoms with Gasteiger partial charge in [0.25, 0.3) is 5.91 Å². The van der Waals surface area contributed by atoms with Gasteiger partial charge in [-0.1, -0.05) is 0 Å². The van der Waals surface area contributed by atoms with Crippen LogP contribution in [0.25, 0.3) is 0 Å². The number of hydrogen-bond donors (Lipinski definition) is 2. The van der Waals surface area contributed by atoms with Crippen molar-refractivity contribution < 1.29 is 13.9 Å². The molecular weight excluding hydrogens is 255 g/mol. The number of carbonyl (C=O) groups excluding carboxylic acids is 1. The summed E-state index contributed by atoms with van der Waals surface area (Å²) < 4.78 is 18.5. The summed E-state index contributed by atoms with van der Waals surface area (Å²) in [5.74, 6) is 3.44. The summed E-state index contributed by atoms with van der Waals surface area (Å²) >= 11 is 3.04. The molecule has 0 radical (unpaired) electrons. The third-order valence-corrected chi connectivity index (χ3v) is 2.29. The Labute approximate surface area is 88.3 Å². The monoisotopic (exact) mass is 262 g/mol. The van der Waals surface area contributed by atoms with Gasteiger partial charge in [0.1, 0.15) is 0 Å². The van der Waals surface area contributed by atoms with Crippen LogP contribution in [0.2, 0.25) is 0 Å². The normalized spacial score (nSPS) is 9.71. The van der Waals surface area contributed by atoms with Crippen LogP contribution in [0.1, 0.15) is 10.4 Å². The van der Waals surface area contributed by atoms with E-state index in [0.29, 0.717) is 4.47 Å². The Hall–Kier alpha value is -1.14. The smallest absolute Gasteiger partial charge is 0.269 e. The zero-order valence-corrected chi connectivity index (χ0v) is 8.89. The third-order valence-electron chi connectivity index (χ3n) is 1.63. The zero-order chi connectivity index (χ0) is 10.7. The van der Waals surface area contributed by atoms with Crippen molar-refractivity contribution in [3.05, 3.63) is 28.0 Å². The fourth-order valence-electron chi connectivity index (χ4n) is 0.971. The molecule has 0 bridgehead atoms. The van der Waals surface area contributed by atoms with Gasteiger partial charge >= 0.3 is 0 Å². The van der Waals surface area contributed by atoms with E-state index >= 15 is 0 Å². The van der Waals surface area contributed by atoms with Gasteiger partial charge in [-0.2, -0.15) is 0 Å². The average Bonchev–Trinajstić information content (AvgIpc) is 2.18. The first kappa shape index (κ1) is 10.9. The highest BCUT2D eigenvalue weighted by molar-refractivity contribution is 9.10. The predicted molar refractivity (Wildman–Crippen MR) is 52.3 cm³/mol. The number of hydrogen-bond acceptors (Lipinski definition) is 3. The first-order valence-electron chi connectivity index (χ1n) is 3.64. The number of rotatable bonds is 2. The second-order valence-corrected chi connectivity index (χ2v) is 3.27. The van der Waals surface area contributed by atoms with Crippen molar-refractivity contribution in [2.45, 2.75) is 0 Å². The first-order chi connectivity index (χ1) is 6.61. The third kappa shape index (κ3) is 1.85. The van der Waals surface area contributed by atoms with Crippen molar-refractivity contribution in [2.24, 2.45) is 5.84 Å². The Kier molecular flexibility index (Phi) is 3.43. The van der Waals surface area contributed by atoms with Crippen LogP contribution in [0, 0.1) is 5.82 Å². The van der Waals surface area contributed by atoms with E-state index in [4.69, 9.17) is 10.6 Å². The number of carbonyl (C=O) groups is 1. The standard InChI is InChI=1S/C8H8BrFN2O2/c1-14-5-3-2-4(9)6(7(5)10)8(13)12-11/h2-3H,11H2,1H3,(H,12,13). The fraction of sp³-hybridized carbons (Fsp3) is 0.125. The maximum atomic E-state index is 13.5. The van der Waals surface area contributed by atoms with Crippen LogP contribution in [0.5, 0.6) is 5.75 Å². The van der Waals surface area contributed by atoms with Gasteiger partial charge in [-0.3, -0.25) is 10.2 Å². The van der Waals surface area contributed by atoms with Gasteiger partial charge < -0.3 is 4.74 Å². The van der Waals surface area contributed by atoms with E-state index in [0.717, 1.165) is 0 Å². The average molecular weight is 263 g/mol. The number of benzene rings is 1. The molecule has 6 heteroatoms. The summed E-state index contributed by atoms with van der Waals surface area (Å²) in [4.78, 5) is 11.2. The Morgan fingerprint density at radius 3 is 2.79 bits per heavy atom. The number of nitrogens with one attached hydrogen (secondary N) is 1. The van der Waals surface area contributed by atoms with Crippen LogP contribution in [-0.2, 0) is 0 Å². The van der Waals surface area contributed by atoms with Gasteiger partial charge in [0.05, 0.1) is 12.7 Å². The number of ether oxygens (including phenoxy) is 1. The summed E-state index contributed by atoms with van der Waals surface area (Å²) in [6.07, 6.45) is 0. The molecule has 1 rings (SSSR count). The van der Waals surface area contributed by atoms with Gasteiger partial charge in [-0.15, -0.1) is 0 Å². The summed E-state index contributed by atoms with van der Waals surface area (Å²) in [5, 5.41) is 0. The first-order valence-corrected chi connectivity index (χ1v) is 4.44. The number of nitrogen functional groups attached to an aromatic ring is 1. The molecule has 0 saturated carbocycles. The Bertz CT molecular complexity index is 371. The topological polar surface area (TPSA) is 64.3 Å². The van der Waals surface area contributed by atoms with Crippen molar-refractivity contribution in [1.29, 1.82) is 0 Å². The van der Waals surface area contributed by atoms with E-state index in [1.807, 2.05) is 5.43 Å². The summed E-state index contributed by atoms with van der Waals surface area (Å²) in [5.41, 5.74) is 1.68. The second-order valence-electron chi connectivity index (χ2n) is 2.41. The molecule has 0 unspecified atom stereocenters. The Morgan fingerprint density at radius 1 is 1.64 bits per heavy atom. The molecule has 3 N–H and O–H groups in total. The molecule has 0 fully saturated rings. The highest BCUT2D eigenvalue weighted by Gasteiger charge is 2.18. The van der Waals surface area contributed by atoms with Crippen molar-refractivity contribution in [1.82, 2.24) is 5.43 Å². The van der Waals surface area contributed by atoms with E-state index in [1.54, 1.807) is 0 Å². The molecule has 4 nitrogen and oxygen atoms in total. The summed E-state index contributed by atoms with van der Waals surface area (Å²) in [6, 6.07) is 2.92. The Balaban J connectivity index is 3.32. The molecule has 0 aliphatic rings. The van der Waals surface area contributed by atoms with Gasteiger partial charge in [0.15, 0.2) is 11.6 Å². The lowest BCUT2D eigenvalue weighted by Gasteiger charge is -2.07. The molecule has 0 aromatic heterocycles. The number of hydrazine groups is 1. The highest BCUT2D eigenvalue weighted by atomic mass is 79.9. The van der Waals surface area contributed by atoms with E-state index < -0.39 is 11.7 Å². The SMILES string of the molecule is COc1ccc(Br)c(C(=O)NN)c1F. The number of amides is 1. The minimum absolute atomic E-state index is 0.00759. The number of nitrogens with two attached hydrogens (primary N) is 1. The van der Waals surface area contributed by atoms with Crippen LogP contribution in [0.3, 0.4) is 0 Å². The molecular formula is C8H8BrFN2O2. The van der Waals surface area contributed by atoms with Gasteiger partial charge in [0.2, 0.25) is 0 Å². The van der Waals surface area contributed by atoms with Gasteiger partial charge in [0, 0.05) is 4.47 Å². The van der Waals surface area contributed by atoms with Crippen molar-refractivity contribution in [3.63, 3.8) is 0 Å². The Morgan fingerprint density at radius 2 is 2.29 bits per heavy atom. The van der Waals surface area contributed by atoms with Crippen molar-refractivity contribution in [2.75, 3.05) is 7.11 Å². The summed E-state index contributed by atoms with van der Waals surface area (Å²) in [7, 11) is 1.32. The molecule has 0 aliphatic heterocycles. The largest absolute Gasteiger partial charge is 0.494 e. The summed E-state index contributed by atoms with van der Waals surface area (Å²) in [6.45, 7) is 0. The quantitative estimate of drug-likeness (QED) is 0.478. The lowest BCUT2D eigenvalue weighted by molar-refractivity contribution is 0.0948. The number of halogens is 2. The fourth-order valence-corrected chi connectivity index (χ4v) is 1.46. The zero-order valence-electron chi connectivity index (χ0n) is 7.30. The molecule has 0 heterocycles. The lowest BCUT2D eigenvalue weighted by Crippen LogP contribution is -2.31. The van der Waals surface area contributed by atoms with E-state index in [9.17, 15) is 9.18 Å². The van der Waals surface area contributed by atoms with E-state index in [-0.39, 0.29) is 11.3 Å². The van der Waals surface area contributed by atoms with Crippen LogP contribution < -0.4 is 16.0 Å². The minimum atomic E-state index is -0.746. The molecule has 1 amide bonds. The minimum Gasteiger partial charge on any atom is -0.494 e. The molecule has 0 aliphatic carbocycles. The maximum Gasteiger partial charge on any atom is 0.269 e. The molecule has 0 atom stereocenters. The van der Waals surface area contributed by atoms with Gasteiger partial charge in [-0.25, -0.2) is 10.2 Å². The van der Waals surface area contributed by atoms with Gasteiger partial charge in [-0.05, 0) is 28.1 Å². The second kappa shape index (κ2) is 4.39. The van der Waals surface area contributed by atoms with Crippen molar-refractivity contribution >= 4 is 21.8 Å². The van der Waals surface area contributed by atoms with Crippen LogP contribution >= 0.6 is 15.9 Å². The van der Waals surface area contributed by atoms with Crippen LogP contribution in [0.4, 0.5) is 4.39 Å². The maximum absolute atomic E-state index is 13.5. The predicted octanol–water partition coefficient (Wildman–Crippen LogP) is 1.20. The molecule has 1 aromatic rings. The van der Waals surface area contributed by atoms with E-state index in [2.05, 4.69) is 15.9 Å².